The third-order valence-corrected chi connectivity index (χ3v) is 7.14. The normalized spacial score (nSPS) is 16.4. The van der Waals surface area contributed by atoms with Gasteiger partial charge < -0.3 is 24.4 Å². The maximum absolute atomic E-state index is 13.3. The van der Waals surface area contributed by atoms with Crippen LogP contribution in [0.3, 0.4) is 0 Å². The summed E-state index contributed by atoms with van der Waals surface area (Å²) in [4.78, 5) is 27.5. The van der Waals surface area contributed by atoms with Crippen molar-refractivity contribution in [3.05, 3.63) is 53.1 Å². The number of carbonyl (C=O) groups excluding carboxylic acids is 2. The number of benzene rings is 2. The molecule has 2 aromatic rings. The number of nitrogens with one attached hydrogen (secondary N) is 1. The van der Waals surface area contributed by atoms with Gasteiger partial charge in [-0.15, -0.1) is 0 Å². The van der Waals surface area contributed by atoms with Gasteiger partial charge in [0.05, 0.1) is 19.8 Å². The number of rotatable bonds is 9. The van der Waals surface area contributed by atoms with Crippen LogP contribution in [0, 0.1) is 0 Å². The Labute approximate surface area is 219 Å². The van der Waals surface area contributed by atoms with Crippen LogP contribution in [0.25, 0.3) is 12.2 Å². The zero-order chi connectivity index (χ0) is 26.0. The number of nitrogens with zero attached hydrogens (tertiary/aromatic N) is 1. The summed E-state index contributed by atoms with van der Waals surface area (Å²) < 4.78 is 16.7. The lowest BCUT2D eigenvalue weighted by molar-refractivity contribution is -0.134. The third kappa shape index (κ3) is 7.28. The number of hydrogen-bond donors (Lipinski definition) is 1. The van der Waals surface area contributed by atoms with Crippen LogP contribution in [0.15, 0.2) is 36.4 Å². The number of methoxy groups -OCH3 is 2. The van der Waals surface area contributed by atoms with E-state index in [0.717, 1.165) is 62.7 Å². The molecule has 0 atom stereocenters. The van der Waals surface area contributed by atoms with E-state index in [9.17, 15) is 9.59 Å². The van der Waals surface area contributed by atoms with Gasteiger partial charge in [-0.25, -0.2) is 0 Å². The summed E-state index contributed by atoms with van der Waals surface area (Å²) in [6.45, 7) is 1.70. The smallest absolute Gasteiger partial charge is 0.260 e. The lowest BCUT2D eigenvalue weighted by Crippen LogP contribution is -2.38. The largest absolute Gasteiger partial charge is 0.497 e. The van der Waals surface area contributed by atoms with E-state index in [-0.39, 0.29) is 24.5 Å². The fraction of sp³-hybridized carbons (Fsp3) is 0.467. The number of amides is 2. The highest BCUT2D eigenvalue weighted by atomic mass is 16.5. The van der Waals surface area contributed by atoms with Crippen molar-refractivity contribution in [2.75, 3.05) is 33.9 Å². The first kappa shape index (κ1) is 26.6. The Morgan fingerprint density at radius 2 is 1.59 bits per heavy atom. The van der Waals surface area contributed by atoms with E-state index in [0.29, 0.717) is 22.8 Å². The van der Waals surface area contributed by atoms with Crippen molar-refractivity contribution < 1.29 is 23.8 Å². The highest BCUT2D eigenvalue weighted by Crippen LogP contribution is 2.31. The minimum Gasteiger partial charge on any atom is -0.497 e. The van der Waals surface area contributed by atoms with E-state index >= 15 is 0 Å². The first-order chi connectivity index (χ1) is 18.1. The van der Waals surface area contributed by atoms with E-state index in [1.165, 1.54) is 12.8 Å². The summed E-state index contributed by atoms with van der Waals surface area (Å²) in [7, 11) is 3.16. The summed E-state index contributed by atoms with van der Waals surface area (Å²) in [6, 6.07) is 11.3. The van der Waals surface area contributed by atoms with Crippen LogP contribution in [0.4, 0.5) is 0 Å². The van der Waals surface area contributed by atoms with Gasteiger partial charge >= 0.3 is 0 Å². The van der Waals surface area contributed by atoms with Crippen LogP contribution in [0.5, 0.6) is 17.2 Å². The molecule has 1 N–H and O–H groups in total. The highest BCUT2D eigenvalue weighted by Gasteiger charge is 2.22. The van der Waals surface area contributed by atoms with E-state index in [4.69, 9.17) is 14.2 Å². The Morgan fingerprint density at radius 3 is 2.27 bits per heavy atom. The van der Waals surface area contributed by atoms with Crippen LogP contribution in [-0.2, 0) is 4.79 Å². The maximum Gasteiger partial charge on any atom is 0.260 e. The van der Waals surface area contributed by atoms with E-state index in [1.54, 1.807) is 20.3 Å². The molecule has 2 amide bonds. The SMILES string of the molecule is COc1cc(C=Cc2ccc(OCC(=O)N3CCCCC3)cc2)c(C(=O)NC2CCCCC2)c(OC)c1. The van der Waals surface area contributed by atoms with Crippen LogP contribution < -0.4 is 19.5 Å². The molecule has 0 unspecified atom stereocenters. The van der Waals surface area contributed by atoms with Crippen LogP contribution in [0.1, 0.15) is 72.9 Å². The molecule has 37 heavy (non-hydrogen) atoms. The van der Waals surface area contributed by atoms with Crippen molar-refractivity contribution in [1.29, 1.82) is 0 Å². The molecule has 1 heterocycles. The van der Waals surface area contributed by atoms with Crippen molar-refractivity contribution >= 4 is 24.0 Å². The molecule has 1 aliphatic heterocycles. The lowest BCUT2D eigenvalue weighted by atomic mass is 9.94. The molecule has 7 nitrogen and oxygen atoms in total. The third-order valence-electron chi connectivity index (χ3n) is 7.14. The fourth-order valence-corrected chi connectivity index (χ4v) is 5.01. The summed E-state index contributed by atoms with van der Waals surface area (Å²) >= 11 is 0. The molecule has 1 saturated carbocycles. The van der Waals surface area contributed by atoms with E-state index < -0.39 is 0 Å². The first-order valence-corrected chi connectivity index (χ1v) is 13.3. The Bertz CT molecular complexity index is 1080. The standard InChI is InChI=1S/C30H38N2O5/c1-35-26-19-23(29(27(20-26)36-2)30(34)31-24-9-5-3-6-10-24)14-11-22-12-15-25(16-13-22)37-21-28(33)32-17-7-4-8-18-32/h11-16,19-20,24H,3-10,17-18,21H2,1-2H3,(H,31,34). The van der Waals surface area contributed by atoms with Gasteiger partial charge in [0.25, 0.3) is 11.8 Å². The minimum atomic E-state index is -0.131. The summed E-state index contributed by atoms with van der Waals surface area (Å²) in [5, 5.41) is 3.20. The van der Waals surface area contributed by atoms with Crippen LogP contribution in [0.2, 0.25) is 0 Å². The zero-order valence-corrected chi connectivity index (χ0v) is 22.0. The van der Waals surface area contributed by atoms with Gasteiger partial charge in [0.2, 0.25) is 0 Å². The summed E-state index contributed by atoms with van der Waals surface area (Å²) in [5.74, 6) is 1.66. The van der Waals surface area contributed by atoms with Gasteiger partial charge in [0.1, 0.15) is 17.2 Å². The van der Waals surface area contributed by atoms with Crippen molar-refractivity contribution in [2.45, 2.75) is 57.4 Å². The van der Waals surface area contributed by atoms with Crippen molar-refractivity contribution in [3.63, 3.8) is 0 Å². The summed E-state index contributed by atoms with van der Waals surface area (Å²) in [5.41, 5.74) is 2.16. The minimum absolute atomic E-state index is 0.0367. The molecule has 2 aromatic carbocycles. The van der Waals surface area contributed by atoms with Crippen LogP contribution in [-0.4, -0.2) is 56.7 Å². The van der Waals surface area contributed by atoms with Gasteiger partial charge in [-0.2, -0.15) is 0 Å². The fourth-order valence-electron chi connectivity index (χ4n) is 5.01. The van der Waals surface area contributed by atoms with E-state index in [1.807, 2.05) is 47.4 Å². The zero-order valence-electron chi connectivity index (χ0n) is 22.0. The number of carbonyl (C=O) groups is 2. The molecular formula is C30H38N2O5. The predicted octanol–water partition coefficient (Wildman–Crippen LogP) is 5.33. The molecule has 7 heteroatoms. The number of likely N-dealkylation sites (tertiary alicyclic amines) is 1. The molecule has 1 aliphatic carbocycles. The topological polar surface area (TPSA) is 77.1 Å². The Hall–Kier alpha value is -3.48. The van der Waals surface area contributed by atoms with Gasteiger partial charge in [-0.3, -0.25) is 9.59 Å². The maximum atomic E-state index is 13.3. The molecule has 0 bridgehead atoms. The van der Waals surface area contributed by atoms with Crippen molar-refractivity contribution in [1.82, 2.24) is 10.2 Å². The molecule has 4 rings (SSSR count). The van der Waals surface area contributed by atoms with Gasteiger partial charge in [-0.1, -0.05) is 43.5 Å². The quantitative estimate of drug-likeness (QED) is 0.466. The molecule has 2 fully saturated rings. The summed E-state index contributed by atoms with van der Waals surface area (Å²) in [6.07, 6.45) is 12.7. The van der Waals surface area contributed by atoms with Crippen molar-refractivity contribution in [2.24, 2.45) is 0 Å². The molecule has 0 radical (unpaired) electrons. The lowest BCUT2D eigenvalue weighted by Gasteiger charge is -2.26. The van der Waals surface area contributed by atoms with Crippen LogP contribution >= 0.6 is 0 Å². The number of hydrogen-bond acceptors (Lipinski definition) is 5. The number of ether oxygens (including phenoxy) is 3. The Morgan fingerprint density at radius 1 is 0.892 bits per heavy atom. The van der Waals surface area contributed by atoms with Crippen molar-refractivity contribution in [3.8, 4) is 17.2 Å². The predicted molar refractivity (Wildman–Crippen MR) is 145 cm³/mol. The molecular weight excluding hydrogens is 468 g/mol. The average Bonchev–Trinajstić information content (AvgIpc) is 2.95. The molecule has 0 spiro atoms. The second kappa shape index (κ2) is 13.2. The number of piperidine rings is 1. The van der Waals surface area contributed by atoms with Gasteiger partial charge in [0.15, 0.2) is 6.61 Å². The Kier molecular flexibility index (Phi) is 9.46. The Balaban J connectivity index is 1.45. The second-order valence-electron chi connectivity index (χ2n) is 9.73. The second-order valence-corrected chi connectivity index (χ2v) is 9.73. The average molecular weight is 507 g/mol. The van der Waals surface area contributed by atoms with Gasteiger partial charge in [0, 0.05) is 25.2 Å². The van der Waals surface area contributed by atoms with Gasteiger partial charge in [-0.05, 0) is 61.4 Å². The molecule has 198 valence electrons. The monoisotopic (exact) mass is 506 g/mol. The first-order valence-electron chi connectivity index (χ1n) is 13.3. The molecule has 2 aliphatic rings. The highest BCUT2D eigenvalue weighted by molar-refractivity contribution is 6.01. The molecule has 1 saturated heterocycles. The van der Waals surface area contributed by atoms with E-state index in [2.05, 4.69) is 5.32 Å². The molecule has 0 aromatic heterocycles.